The molecule has 0 spiro atoms. The summed E-state index contributed by atoms with van der Waals surface area (Å²) in [7, 11) is 0. The standard InChI is InChI=1S/C17H23NO2/c1-7-17(5,6)18(16(2,3)4)15(19)20-13-14-11-9-8-10-12-14/h1,8-12H,13H2,2-6H3. The molecule has 0 fully saturated rings. The number of carbonyl (C=O) groups is 1. The maximum absolute atomic E-state index is 12.4. The molecule has 108 valence electrons. The Bertz CT molecular complexity index is 492. The Morgan fingerprint density at radius 1 is 1.20 bits per heavy atom. The molecule has 0 aromatic heterocycles. The molecular weight excluding hydrogens is 250 g/mol. The zero-order valence-corrected chi connectivity index (χ0v) is 12.9. The largest absolute Gasteiger partial charge is 0.444 e. The number of rotatable bonds is 3. The Kier molecular flexibility index (Phi) is 4.83. The fourth-order valence-corrected chi connectivity index (χ4v) is 2.19. The molecule has 0 bridgehead atoms. The van der Waals surface area contributed by atoms with Crippen molar-refractivity contribution in [3.05, 3.63) is 35.9 Å². The van der Waals surface area contributed by atoms with Crippen molar-refractivity contribution in [3.63, 3.8) is 0 Å². The van der Waals surface area contributed by atoms with E-state index in [0.29, 0.717) is 0 Å². The van der Waals surface area contributed by atoms with Gasteiger partial charge in [0, 0.05) is 5.54 Å². The van der Waals surface area contributed by atoms with Crippen LogP contribution in [0.4, 0.5) is 4.79 Å². The number of nitrogens with zero attached hydrogens (tertiary/aromatic N) is 1. The van der Waals surface area contributed by atoms with Crippen LogP contribution in [0.3, 0.4) is 0 Å². The Labute approximate surface area is 121 Å². The van der Waals surface area contributed by atoms with Crippen LogP contribution in [0.15, 0.2) is 30.3 Å². The average Bonchev–Trinajstić information content (AvgIpc) is 2.35. The first-order chi connectivity index (χ1) is 9.18. The van der Waals surface area contributed by atoms with E-state index in [4.69, 9.17) is 11.2 Å². The quantitative estimate of drug-likeness (QED) is 0.783. The van der Waals surface area contributed by atoms with Crippen molar-refractivity contribution in [2.45, 2.75) is 52.3 Å². The molecule has 1 aromatic rings. The molecule has 0 aliphatic rings. The van der Waals surface area contributed by atoms with Crippen molar-refractivity contribution in [1.82, 2.24) is 4.90 Å². The van der Waals surface area contributed by atoms with E-state index in [1.807, 2.05) is 65.0 Å². The minimum Gasteiger partial charge on any atom is -0.444 e. The van der Waals surface area contributed by atoms with Crippen LogP contribution in [0.5, 0.6) is 0 Å². The van der Waals surface area contributed by atoms with Gasteiger partial charge in [0.15, 0.2) is 0 Å². The van der Waals surface area contributed by atoms with Crippen molar-refractivity contribution in [2.75, 3.05) is 0 Å². The van der Waals surface area contributed by atoms with Gasteiger partial charge in [-0.05, 0) is 40.2 Å². The predicted octanol–water partition coefficient (Wildman–Crippen LogP) is 3.84. The predicted molar refractivity (Wildman–Crippen MR) is 81.1 cm³/mol. The van der Waals surface area contributed by atoms with Crippen LogP contribution in [0.1, 0.15) is 40.2 Å². The third kappa shape index (κ3) is 4.03. The minimum atomic E-state index is -0.702. The molecule has 1 amide bonds. The Morgan fingerprint density at radius 2 is 1.75 bits per heavy atom. The lowest BCUT2D eigenvalue weighted by Gasteiger charge is -2.43. The lowest BCUT2D eigenvalue weighted by molar-refractivity contribution is 0.0296. The maximum Gasteiger partial charge on any atom is 0.411 e. The number of hydrogen-bond donors (Lipinski definition) is 0. The second-order valence-corrected chi connectivity index (χ2v) is 6.25. The van der Waals surface area contributed by atoms with E-state index in [2.05, 4.69) is 5.92 Å². The molecule has 20 heavy (non-hydrogen) atoms. The summed E-state index contributed by atoms with van der Waals surface area (Å²) in [5.41, 5.74) is -0.163. The summed E-state index contributed by atoms with van der Waals surface area (Å²) in [4.78, 5) is 14.0. The highest BCUT2D eigenvalue weighted by atomic mass is 16.6. The summed E-state index contributed by atoms with van der Waals surface area (Å²) < 4.78 is 5.40. The Balaban J connectivity index is 2.83. The molecule has 1 aromatic carbocycles. The molecule has 3 nitrogen and oxygen atoms in total. The van der Waals surface area contributed by atoms with Crippen LogP contribution in [-0.4, -0.2) is 22.1 Å². The smallest absolute Gasteiger partial charge is 0.411 e. The van der Waals surface area contributed by atoms with Gasteiger partial charge in [-0.15, -0.1) is 6.42 Å². The topological polar surface area (TPSA) is 29.5 Å². The van der Waals surface area contributed by atoms with Gasteiger partial charge in [0.2, 0.25) is 0 Å². The maximum atomic E-state index is 12.4. The highest BCUT2D eigenvalue weighted by molar-refractivity contribution is 5.70. The lowest BCUT2D eigenvalue weighted by atomic mass is 9.96. The highest BCUT2D eigenvalue weighted by Gasteiger charge is 2.38. The fraction of sp³-hybridized carbons (Fsp3) is 0.471. The summed E-state index contributed by atoms with van der Waals surface area (Å²) >= 11 is 0. The van der Waals surface area contributed by atoms with Crippen LogP contribution in [0, 0.1) is 12.3 Å². The number of benzene rings is 1. The van der Waals surface area contributed by atoms with Gasteiger partial charge in [-0.3, -0.25) is 4.90 Å². The number of terminal acetylenes is 1. The molecule has 0 radical (unpaired) electrons. The average molecular weight is 273 g/mol. The molecule has 3 heteroatoms. The molecule has 1 rings (SSSR count). The third-order valence-electron chi connectivity index (χ3n) is 2.97. The number of amides is 1. The number of carbonyl (C=O) groups excluding carboxylic acids is 1. The van der Waals surface area contributed by atoms with Crippen molar-refractivity contribution in [2.24, 2.45) is 0 Å². The zero-order valence-electron chi connectivity index (χ0n) is 12.9. The van der Waals surface area contributed by atoms with Crippen LogP contribution in [0.25, 0.3) is 0 Å². The van der Waals surface area contributed by atoms with Gasteiger partial charge in [0.1, 0.15) is 12.1 Å². The molecular formula is C17H23NO2. The van der Waals surface area contributed by atoms with E-state index < -0.39 is 17.2 Å². The van der Waals surface area contributed by atoms with E-state index in [-0.39, 0.29) is 6.61 Å². The minimum absolute atomic E-state index is 0.243. The van der Waals surface area contributed by atoms with E-state index >= 15 is 0 Å². The molecule has 0 saturated carbocycles. The van der Waals surface area contributed by atoms with E-state index in [1.165, 1.54) is 0 Å². The summed E-state index contributed by atoms with van der Waals surface area (Å²) in [6.07, 6.45) is 5.15. The van der Waals surface area contributed by atoms with Crippen molar-refractivity contribution < 1.29 is 9.53 Å². The zero-order chi connectivity index (χ0) is 15.4. The molecule has 0 heterocycles. The normalized spacial score (nSPS) is 11.6. The SMILES string of the molecule is C#CC(C)(C)N(C(=O)OCc1ccccc1)C(C)(C)C. The summed E-state index contributed by atoms with van der Waals surface area (Å²) in [5, 5.41) is 0. The van der Waals surface area contributed by atoms with Crippen LogP contribution >= 0.6 is 0 Å². The van der Waals surface area contributed by atoms with E-state index in [9.17, 15) is 4.79 Å². The molecule has 0 atom stereocenters. The molecule has 0 aliphatic carbocycles. The van der Waals surface area contributed by atoms with Crippen LogP contribution in [-0.2, 0) is 11.3 Å². The van der Waals surface area contributed by atoms with E-state index in [1.54, 1.807) is 4.90 Å². The first-order valence-electron chi connectivity index (χ1n) is 6.67. The van der Waals surface area contributed by atoms with E-state index in [0.717, 1.165) is 5.56 Å². The van der Waals surface area contributed by atoms with Gasteiger partial charge >= 0.3 is 6.09 Å². The van der Waals surface area contributed by atoms with Crippen molar-refractivity contribution in [1.29, 1.82) is 0 Å². The van der Waals surface area contributed by atoms with Crippen LogP contribution in [0.2, 0.25) is 0 Å². The molecule has 0 aliphatic heterocycles. The molecule has 0 N–H and O–H groups in total. The highest BCUT2D eigenvalue weighted by Crippen LogP contribution is 2.26. The first kappa shape index (κ1) is 16.1. The molecule has 0 saturated heterocycles. The summed E-state index contributed by atoms with van der Waals surface area (Å²) in [6.45, 7) is 9.73. The van der Waals surface area contributed by atoms with Gasteiger partial charge in [-0.1, -0.05) is 36.3 Å². The van der Waals surface area contributed by atoms with Gasteiger partial charge < -0.3 is 4.74 Å². The summed E-state index contributed by atoms with van der Waals surface area (Å²) in [5.74, 6) is 2.65. The number of ether oxygens (including phenoxy) is 1. The van der Waals surface area contributed by atoms with Crippen molar-refractivity contribution in [3.8, 4) is 12.3 Å². The van der Waals surface area contributed by atoms with Gasteiger partial charge in [0.25, 0.3) is 0 Å². The first-order valence-corrected chi connectivity index (χ1v) is 6.67. The summed E-state index contributed by atoms with van der Waals surface area (Å²) in [6, 6.07) is 9.59. The monoisotopic (exact) mass is 273 g/mol. The Morgan fingerprint density at radius 3 is 2.20 bits per heavy atom. The fourth-order valence-electron chi connectivity index (χ4n) is 2.19. The van der Waals surface area contributed by atoms with Gasteiger partial charge in [0.05, 0.1) is 0 Å². The molecule has 0 unspecified atom stereocenters. The van der Waals surface area contributed by atoms with Crippen molar-refractivity contribution >= 4 is 6.09 Å². The van der Waals surface area contributed by atoms with Crippen LogP contribution < -0.4 is 0 Å². The van der Waals surface area contributed by atoms with Gasteiger partial charge in [-0.2, -0.15) is 0 Å². The second-order valence-electron chi connectivity index (χ2n) is 6.25. The Hall–Kier alpha value is -1.95. The number of hydrogen-bond acceptors (Lipinski definition) is 2. The third-order valence-corrected chi connectivity index (χ3v) is 2.97. The second kappa shape index (κ2) is 6.00. The lowest BCUT2D eigenvalue weighted by Crippen LogP contribution is -2.56. The van der Waals surface area contributed by atoms with Gasteiger partial charge in [-0.25, -0.2) is 4.79 Å².